The molecule has 1 heterocycles. The summed E-state index contributed by atoms with van der Waals surface area (Å²) in [4.78, 5) is 5.55. The van der Waals surface area contributed by atoms with E-state index in [0.29, 0.717) is 23.7 Å². The Labute approximate surface area is 236 Å². The summed E-state index contributed by atoms with van der Waals surface area (Å²) < 4.78 is 0. The van der Waals surface area contributed by atoms with Crippen LogP contribution < -0.4 is 0 Å². The predicted octanol–water partition coefficient (Wildman–Crippen LogP) is 10.9. The van der Waals surface area contributed by atoms with Crippen molar-refractivity contribution in [2.45, 2.75) is 103 Å². The lowest BCUT2D eigenvalue weighted by molar-refractivity contribution is 0.325. The Morgan fingerprint density at radius 3 is 2.23 bits per heavy atom. The third-order valence-electron chi connectivity index (χ3n) is 9.96. The zero-order valence-electron chi connectivity index (χ0n) is 24.3. The molecule has 1 aromatic heterocycles. The molecule has 2 atom stereocenters. The molecule has 1 nitrogen and oxygen atoms in total. The van der Waals surface area contributed by atoms with Crippen molar-refractivity contribution in [3.05, 3.63) is 101 Å². The van der Waals surface area contributed by atoms with E-state index in [2.05, 4.69) is 93.6 Å². The van der Waals surface area contributed by atoms with E-state index in [1.54, 1.807) is 0 Å². The first-order valence-electron chi connectivity index (χ1n) is 15.7. The number of aryl methyl sites for hydroxylation is 2. The van der Waals surface area contributed by atoms with Crippen LogP contribution in [0.1, 0.15) is 117 Å². The van der Waals surface area contributed by atoms with Gasteiger partial charge in [-0.25, -0.2) is 0 Å². The second kappa shape index (κ2) is 11.7. The fourth-order valence-electron chi connectivity index (χ4n) is 7.54. The van der Waals surface area contributed by atoms with Crippen molar-refractivity contribution in [2.24, 2.45) is 5.92 Å². The summed E-state index contributed by atoms with van der Waals surface area (Å²) in [5.41, 5.74) is 9.85. The normalized spacial score (nSPS) is 23.7. The highest BCUT2D eigenvalue weighted by Gasteiger charge is 2.29. The lowest BCUT2D eigenvalue weighted by Crippen LogP contribution is -2.19. The van der Waals surface area contributed by atoms with Gasteiger partial charge in [-0.05, 0) is 103 Å². The predicted molar refractivity (Wildman–Crippen MR) is 167 cm³/mol. The number of hydrogen-bond donors (Lipinski definition) is 0. The summed E-state index contributed by atoms with van der Waals surface area (Å²) in [6.07, 6.45) is 12.7. The Hall–Kier alpha value is -2.93. The van der Waals surface area contributed by atoms with Crippen LogP contribution in [0.2, 0.25) is 0 Å². The van der Waals surface area contributed by atoms with Crippen molar-refractivity contribution < 1.29 is 0 Å². The minimum atomic E-state index is 0.575. The molecule has 2 aliphatic carbocycles. The first-order valence-corrected chi connectivity index (χ1v) is 15.7. The molecule has 0 bridgehead atoms. The highest BCUT2D eigenvalue weighted by molar-refractivity contribution is 5.90. The average Bonchev–Trinajstić information content (AvgIpc) is 2.98. The Bertz CT molecular complexity index is 1410. The number of benzene rings is 3. The van der Waals surface area contributed by atoms with E-state index < -0.39 is 0 Å². The summed E-state index contributed by atoms with van der Waals surface area (Å²) in [6.45, 7) is 6.99. The fourth-order valence-corrected chi connectivity index (χ4v) is 7.54. The molecule has 0 aliphatic heterocycles. The van der Waals surface area contributed by atoms with Crippen molar-refractivity contribution in [3.8, 4) is 11.1 Å². The van der Waals surface area contributed by atoms with E-state index in [-0.39, 0.29) is 0 Å². The lowest BCUT2D eigenvalue weighted by Gasteiger charge is -2.32. The van der Waals surface area contributed by atoms with E-state index in [1.165, 1.54) is 108 Å². The summed E-state index contributed by atoms with van der Waals surface area (Å²) in [7, 11) is 0. The van der Waals surface area contributed by atoms with E-state index in [1.807, 2.05) is 0 Å². The van der Waals surface area contributed by atoms with Crippen molar-refractivity contribution in [1.82, 2.24) is 4.98 Å². The van der Waals surface area contributed by atoms with E-state index in [9.17, 15) is 0 Å². The van der Waals surface area contributed by atoms with Gasteiger partial charge in [-0.3, -0.25) is 4.98 Å². The molecule has 0 saturated heterocycles. The molecule has 202 valence electrons. The minimum absolute atomic E-state index is 0.575. The SMILES string of the molecule is CCCc1cc(-c2ccc3c(C4CCCC[C@@H]4C)nc(C4CCC(c5ccccc5)CC4)cc3c2)ccc1C. The smallest absolute Gasteiger partial charge is 0.0518 e. The Kier molecular flexibility index (Phi) is 7.87. The molecule has 0 N–H and O–H groups in total. The number of rotatable bonds is 6. The highest BCUT2D eigenvalue weighted by atomic mass is 14.7. The molecule has 4 aromatic rings. The van der Waals surface area contributed by atoms with Crippen molar-refractivity contribution in [1.29, 1.82) is 0 Å². The molecule has 3 aromatic carbocycles. The molecular formula is C38H45N. The van der Waals surface area contributed by atoms with Crippen molar-refractivity contribution >= 4 is 10.8 Å². The van der Waals surface area contributed by atoms with E-state index in [4.69, 9.17) is 4.98 Å². The van der Waals surface area contributed by atoms with Crippen LogP contribution in [0.25, 0.3) is 21.9 Å². The van der Waals surface area contributed by atoms with Crippen LogP contribution >= 0.6 is 0 Å². The summed E-state index contributed by atoms with van der Waals surface area (Å²) in [6, 6.07) is 27.9. The molecule has 2 saturated carbocycles. The van der Waals surface area contributed by atoms with Crippen LogP contribution in [0.15, 0.2) is 72.8 Å². The van der Waals surface area contributed by atoms with Crippen LogP contribution in [0.3, 0.4) is 0 Å². The molecule has 2 fully saturated rings. The highest BCUT2D eigenvalue weighted by Crippen LogP contribution is 2.44. The van der Waals surface area contributed by atoms with Gasteiger partial charge in [-0.1, -0.05) is 100 Å². The van der Waals surface area contributed by atoms with Gasteiger partial charge in [0.05, 0.1) is 5.69 Å². The maximum absolute atomic E-state index is 5.55. The van der Waals surface area contributed by atoms with Crippen molar-refractivity contribution in [2.75, 3.05) is 0 Å². The number of nitrogens with zero attached hydrogens (tertiary/aromatic N) is 1. The van der Waals surface area contributed by atoms with Crippen molar-refractivity contribution in [3.63, 3.8) is 0 Å². The summed E-state index contributed by atoms with van der Waals surface area (Å²) >= 11 is 0. The van der Waals surface area contributed by atoms with Gasteiger partial charge in [0.2, 0.25) is 0 Å². The van der Waals surface area contributed by atoms with Crippen LogP contribution in [-0.4, -0.2) is 4.98 Å². The molecular weight excluding hydrogens is 470 g/mol. The number of pyridine rings is 1. The monoisotopic (exact) mass is 515 g/mol. The standard InChI is InChI=1S/C38H45N/c1-4-10-31-23-32(16-15-26(31)2)33-21-22-36-34(24-33)25-37(39-38(36)35-14-9-8-11-27(35)3)30-19-17-29(18-20-30)28-12-6-5-7-13-28/h5-7,12-13,15-16,21-25,27,29-30,35H,4,8-11,14,17-20H2,1-3H3/t27-,29?,30?,35?/m0/s1. The lowest BCUT2D eigenvalue weighted by atomic mass is 9.75. The molecule has 1 heteroatoms. The maximum Gasteiger partial charge on any atom is 0.0518 e. The van der Waals surface area contributed by atoms with Crippen LogP contribution in [0.4, 0.5) is 0 Å². The number of aromatic nitrogens is 1. The minimum Gasteiger partial charge on any atom is -0.257 e. The van der Waals surface area contributed by atoms with Gasteiger partial charge < -0.3 is 0 Å². The molecule has 0 spiro atoms. The maximum atomic E-state index is 5.55. The van der Waals surface area contributed by atoms with E-state index >= 15 is 0 Å². The Balaban J connectivity index is 1.37. The first-order chi connectivity index (χ1) is 19.1. The molecule has 39 heavy (non-hydrogen) atoms. The number of fused-ring (bicyclic) bond motifs is 1. The summed E-state index contributed by atoms with van der Waals surface area (Å²) in [5, 5.41) is 2.79. The zero-order valence-corrected chi connectivity index (χ0v) is 24.3. The molecule has 1 unspecified atom stereocenters. The second-order valence-corrected chi connectivity index (χ2v) is 12.6. The van der Waals surface area contributed by atoms with Crippen LogP contribution in [0, 0.1) is 12.8 Å². The van der Waals surface area contributed by atoms with Gasteiger partial charge in [0.25, 0.3) is 0 Å². The average molecular weight is 516 g/mol. The van der Waals surface area contributed by atoms with Gasteiger partial charge in [0, 0.05) is 22.9 Å². The second-order valence-electron chi connectivity index (χ2n) is 12.6. The molecule has 0 radical (unpaired) electrons. The van der Waals surface area contributed by atoms with E-state index in [0.717, 1.165) is 6.42 Å². The van der Waals surface area contributed by atoms with Gasteiger partial charge in [-0.2, -0.15) is 0 Å². The third kappa shape index (κ3) is 5.56. The number of hydrogen-bond acceptors (Lipinski definition) is 1. The quantitative estimate of drug-likeness (QED) is 0.249. The molecule has 6 rings (SSSR count). The summed E-state index contributed by atoms with van der Waals surface area (Å²) in [5.74, 6) is 2.58. The Morgan fingerprint density at radius 2 is 1.46 bits per heavy atom. The zero-order chi connectivity index (χ0) is 26.8. The van der Waals surface area contributed by atoms with Crippen LogP contribution in [-0.2, 0) is 6.42 Å². The van der Waals surface area contributed by atoms with Gasteiger partial charge in [0.15, 0.2) is 0 Å². The molecule has 2 aliphatic rings. The molecule has 0 amide bonds. The van der Waals surface area contributed by atoms with Crippen LogP contribution in [0.5, 0.6) is 0 Å². The largest absolute Gasteiger partial charge is 0.257 e. The fraction of sp³-hybridized carbons (Fsp3) is 0.447. The Morgan fingerprint density at radius 1 is 0.744 bits per heavy atom. The first kappa shape index (κ1) is 26.3. The van der Waals surface area contributed by atoms with Gasteiger partial charge in [0.1, 0.15) is 0 Å². The van der Waals surface area contributed by atoms with Gasteiger partial charge >= 0.3 is 0 Å². The third-order valence-corrected chi connectivity index (χ3v) is 9.96. The topological polar surface area (TPSA) is 12.9 Å². The van der Waals surface area contributed by atoms with Gasteiger partial charge in [-0.15, -0.1) is 0 Å².